The van der Waals surface area contributed by atoms with Crippen molar-refractivity contribution in [2.45, 2.75) is 26.2 Å². The minimum Gasteiger partial charge on any atom is -0.493 e. The van der Waals surface area contributed by atoms with Gasteiger partial charge in [0.25, 0.3) is 11.6 Å². The highest BCUT2D eigenvalue weighted by Gasteiger charge is 2.25. The molecule has 1 amide bonds. The quantitative estimate of drug-likeness (QED) is 0.493. The number of rotatable bonds is 7. The van der Waals surface area contributed by atoms with Crippen LogP contribution in [0.5, 0.6) is 11.5 Å². The van der Waals surface area contributed by atoms with Gasteiger partial charge in [-0.1, -0.05) is 11.6 Å². The van der Waals surface area contributed by atoms with Gasteiger partial charge in [-0.15, -0.1) is 0 Å². The highest BCUT2D eigenvalue weighted by atomic mass is 35.5. The smallest absolute Gasteiger partial charge is 0.286 e. The van der Waals surface area contributed by atoms with Gasteiger partial charge in [0.2, 0.25) is 0 Å². The number of nitrogens with zero attached hydrogens (tertiary/aromatic N) is 2. The zero-order chi connectivity index (χ0) is 21.7. The van der Waals surface area contributed by atoms with Crippen LogP contribution in [0.25, 0.3) is 0 Å². The van der Waals surface area contributed by atoms with E-state index in [0.29, 0.717) is 17.3 Å². The molecule has 1 fully saturated rings. The SMILES string of the molecule is CCOc1cc(C(=O)Nc2ccc(N3CCCCC3)c(Cl)c2)c([N+](=O)[O-])cc1OC. The van der Waals surface area contributed by atoms with Gasteiger partial charge in [0, 0.05) is 24.8 Å². The third-order valence-corrected chi connectivity index (χ3v) is 5.23. The molecule has 0 saturated carbocycles. The Labute approximate surface area is 179 Å². The van der Waals surface area contributed by atoms with Crippen LogP contribution in [0.4, 0.5) is 17.1 Å². The van der Waals surface area contributed by atoms with E-state index < -0.39 is 10.8 Å². The van der Waals surface area contributed by atoms with Crippen LogP contribution in [0.15, 0.2) is 30.3 Å². The monoisotopic (exact) mass is 433 g/mol. The molecular formula is C21H24ClN3O5. The second kappa shape index (κ2) is 9.67. The lowest BCUT2D eigenvalue weighted by Gasteiger charge is -2.29. The average molecular weight is 434 g/mol. The molecule has 2 aromatic carbocycles. The maximum atomic E-state index is 12.8. The normalized spacial score (nSPS) is 13.6. The maximum Gasteiger partial charge on any atom is 0.286 e. The number of carbonyl (C=O) groups is 1. The summed E-state index contributed by atoms with van der Waals surface area (Å²) in [7, 11) is 1.38. The number of amides is 1. The Morgan fingerprint density at radius 1 is 1.20 bits per heavy atom. The number of nitro benzene ring substituents is 1. The molecule has 0 atom stereocenters. The molecule has 0 aromatic heterocycles. The minimum absolute atomic E-state index is 0.125. The van der Waals surface area contributed by atoms with E-state index >= 15 is 0 Å². The van der Waals surface area contributed by atoms with Gasteiger partial charge in [-0.25, -0.2) is 0 Å². The zero-order valence-corrected chi connectivity index (χ0v) is 17.7. The van der Waals surface area contributed by atoms with Crippen molar-refractivity contribution in [3.05, 3.63) is 51.0 Å². The fourth-order valence-corrected chi connectivity index (χ4v) is 3.78. The molecule has 0 radical (unpaired) electrons. The van der Waals surface area contributed by atoms with Crippen LogP contribution in [-0.4, -0.2) is 37.6 Å². The van der Waals surface area contributed by atoms with Gasteiger partial charge >= 0.3 is 0 Å². The molecule has 0 aliphatic carbocycles. The summed E-state index contributed by atoms with van der Waals surface area (Å²) in [6.45, 7) is 3.99. The van der Waals surface area contributed by atoms with Crippen LogP contribution in [0.3, 0.4) is 0 Å². The maximum absolute atomic E-state index is 12.8. The summed E-state index contributed by atoms with van der Waals surface area (Å²) in [6.07, 6.45) is 3.46. The third-order valence-electron chi connectivity index (χ3n) is 4.93. The summed E-state index contributed by atoms with van der Waals surface area (Å²) in [5.74, 6) is -0.185. The number of methoxy groups -OCH3 is 1. The molecule has 0 spiro atoms. The molecule has 3 rings (SSSR count). The molecule has 0 bridgehead atoms. The second-order valence-corrected chi connectivity index (χ2v) is 7.29. The number of carbonyl (C=O) groups excluding carboxylic acids is 1. The van der Waals surface area contributed by atoms with Crippen molar-refractivity contribution in [3.8, 4) is 11.5 Å². The van der Waals surface area contributed by atoms with Crippen molar-refractivity contribution in [2.75, 3.05) is 37.0 Å². The highest BCUT2D eigenvalue weighted by Crippen LogP contribution is 2.36. The fraction of sp³-hybridized carbons (Fsp3) is 0.381. The van der Waals surface area contributed by atoms with Crippen molar-refractivity contribution in [3.63, 3.8) is 0 Å². The van der Waals surface area contributed by atoms with E-state index in [9.17, 15) is 14.9 Å². The first kappa shape index (κ1) is 21.7. The largest absolute Gasteiger partial charge is 0.493 e. The first-order valence-electron chi connectivity index (χ1n) is 9.79. The van der Waals surface area contributed by atoms with Gasteiger partial charge in [-0.05, 0) is 44.4 Å². The number of piperidine rings is 1. The van der Waals surface area contributed by atoms with Gasteiger partial charge < -0.3 is 19.7 Å². The van der Waals surface area contributed by atoms with Gasteiger partial charge in [0.1, 0.15) is 5.56 Å². The number of benzene rings is 2. The Bertz CT molecular complexity index is 944. The molecule has 0 unspecified atom stereocenters. The number of anilines is 2. The van der Waals surface area contributed by atoms with Crippen molar-refractivity contribution in [1.82, 2.24) is 0 Å². The average Bonchev–Trinajstić information content (AvgIpc) is 2.74. The summed E-state index contributed by atoms with van der Waals surface area (Å²) in [5, 5.41) is 14.7. The zero-order valence-electron chi connectivity index (χ0n) is 16.9. The van der Waals surface area contributed by atoms with Crippen LogP contribution >= 0.6 is 11.6 Å². The molecule has 1 N–H and O–H groups in total. The summed E-state index contributed by atoms with van der Waals surface area (Å²) in [4.78, 5) is 25.9. The van der Waals surface area contributed by atoms with Crippen LogP contribution in [0.1, 0.15) is 36.5 Å². The molecule has 30 heavy (non-hydrogen) atoms. The minimum atomic E-state index is -0.632. The molecule has 2 aromatic rings. The number of nitro groups is 1. The summed E-state index contributed by atoms with van der Waals surface area (Å²) < 4.78 is 10.6. The van der Waals surface area contributed by atoms with E-state index in [-0.39, 0.29) is 22.7 Å². The highest BCUT2D eigenvalue weighted by molar-refractivity contribution is 6.33. The molecule has 1 aliphatic rings. The predicted molar refractivity (Wildman–Crippen MR) is 116 cm³/mol. The Hall–Kier alpha value is -3.00. The number of hydrogen-bond acceptors (Lipinski definition) is 6. The second-order valence-electron chi connectivity index (χ2n) is 6.88. The summed E-state index contributed by atoms with van der Waals surface area (Å²) in [6, 6.07) is 7.76. The van der Waals surface area contributed by atoms with E-state index in [0.717, 1.165) is 31.6 Å². The number of nitrogens with one attached hydrogen (secondary N) is 1. The molecule has 9 heteroatoms. The molecular weight excluding hydrogens is 410 g/mol. The van der Waals surface area contributed by atoms with Gasteiger partial charge in [0.15, 0.2) is 11.5 Å². The lowest BCUT2D eigenvalue weighted by atomic mass is 10.1. The van der Waals surface area contributed by atoms with E-state index in [2.05, 4.69) is 10.2 Å². The van der Waals surface area contributed by atoms with Gasteiger partial charge in [0.05, 0.1) is 35.4 Å². The Kier molecular flexibility index (Phi) is 6.99. The third kappa shape index (κ3) is 4.76. The van der Waals surface area contributed by atoms with Crippen molar-refractivity contribution >= 4 is 34.6 Å². The summed E-state index contributed by atoms with van der Waals surface area (Å²) >= 11 is 6.44. The van der Waals surface area contributed by atoms with Crippen LogP contribution < -0.4 is 19.7 Å². The first-order valence-corrected chi connectivity index (χ1v) is 10.2. The number of ether oxygens (including phenoxy) is 2. The van der Waals surface area contributed by atoms with E-state index in [1.165, 1.54) is 25.7 Å². The molecule has 1 saturated heterocycles. The topological polar surface area (TPSA) is 93.9 Å². The van der Waals surface area contributed by atoms with E-state index in [4.69, 9.17) is 21.1 Å². The lowest BCUT2D eigenvalue weighted by Crippen LogP contribution is -2.29. The predicted octanol–water partition coefficient (Wildman–Crippen LogP) is 4.90. The summed E-state index contributed by atoms with van der Waals surface area (Å²) in [5.41, 5.74) is 0.876. The molecule has 1 heterocycles. The number of halogens is 1. The first-order chi connectivity index (χ1) is 14.4. The van der Waals surface area contributed by atoms with Crippen molar-refractivity contribution in [2.24, 2.45) is 0 Å². The van der Waals surface area contributed by atoms with E-state index in [1.807, 2.05) is 6.07 Å². The van der Waals surface area contributed by atoms with Crippen molar-refractivity contribution < 1.29 is 19.2 Å². The Morgan fingerprint density at radius 2 is 1.93 bits per heavy atom. The standard InChI is InChI=1S/C21H24ClN3O5/c1-3-30-20-12-15(18(25(27)28)13-19(20)29-2)21(26)23-14-7-8-17(16(22)11-14)24-9-5-4-6-10-24/h7-8,11-13H,3-6,9-10H2,1-2H3,(H,23,26). The van der Waals surface area contributed by atoms with Crippen LogP contribution in [-0.2, 0) is 0 Å². The Balaban J connectivity index is 1.87. The van der Waals surface area contributed by atoms with Gasteiger partial charge in [-0.3, -0.25) is 14.9 Å². The molecule has 160 valence electrons. The lowest BCUT2D eigenvalue weighted by molar-refractivity contribution is -0.385. The van der Waals surface area contributed by atoms with Crippen molar-refractivity contribution in [1.29, 1.82) is 0 Å². The van der Waals surface area contributed by atoms with Gasteiger partial charge in [-0.2, -0.15) is 0 Å². The molecule has 1 aliphatic heterocycles. The fourth-order valence-electron chi connectivity index (χ4n) is 3.48. The molecule has 8 nitrogen and oxygen atoms in total. The van der Waals surface area contributed by atoms with E-state index in [1.54, 1.807) is 19.1 Å². The van der Waals surface area contributed by atoms with Crippen LogP contribution in [0, 0.1) is 10.1 Å². The number of hydrogen-bond donors (Lipinski definition) is 1. The van der Waals surface area contributed by atoms with Crippen LogP contribution in [0.2, 0.25) is 5.02 Å². The Morgan fingerprint density at radius 3 is 2.53 bits per heavy atom.